The molecule has 0 aliphatic rings. The summed E-state index contributed by atoms with van der Waals surface area (Å²) in [6.07, 6.45) is 2.61. The molecule has 0 amide bonds. The third-order valence-electron chi connectivity index (χ3n) is 2.95. The summed E-state index contributed by atoms with van der Waals surface area (Å²) < 4.78 is 0. The second-order valence-electron chi connectivity index (χ2n) is 5.04. The highest BCUT2D eigenvalue weighted by Gasteiger charge is 2.06. The van der Waals surface area contributed by atoms with Crippen LogP contribution < -0.4 is 5.32 Å². The fourth-order valence-corrected chi connectivity index (χ4v) is 1.74. The zero-order valence-electron chi connectivity index (χ0n) is 11.3. The summed E-state index contributed by atoms with van der Waals surface area (Å²) >= 11 is 0. The van der Waals surface area contributed by atoms with Gasteiger partial charge in [-0.25, -0.2) is 0 Å². The third-order valence-corrected chi connectivity index (χ3v) is 2.95. The van der Waals surface area contributed by atoms with Crippen molar-refractivity contribution < 1.29 is 0 Å². The first-order valence-electron chi connectivity index (χ1n) is 6.49. The SMILES string of the molecule is CCC(CC)CN(C)CCNCC(C)C. The molecular formula is C13H30N2. The van der Waals surface area contributed by atoms with E-state index in [1.165, 1.54) is 25.9 Å². The van der Waals surface area contributed by atoms with Gasteiger partial charge in [0.05, 0.1) is 0 Å². The lowest BCUT2D eigenvalue weighted by atomic mass is 10.0. The lowest BCUT2D eigenvalue weighted by molar-refractivity contribution is 0.265. The van der Waals surface area contributed by atoms with E-state index in [2.05, 4.69) is 45.0 Å². The summed E-state index contributed by atoms with van der Waals surface area (Å²) in [5.74, 6) is 1.63. The minimum Gasteiger partial charge on any atom is -0.315 e. The molecule has 0 bridgehead atoms. The molecule has 2 heteroatoms. The van der Waals surface area contributed by atoms with Gasteiger partial charge in [-0.15, -0.1) is 0 Å². The molecule has 0 aromatic carbocycles. The Morgan fingerprint density at radius 2 is 1.73 bits per heavy atom. The molecule has 0 atom stereocenters. The zero-order chi connectivity index (χ0) is 11.7. The zero-order valence-corrected chi connectivity index (χ0v) is 11.3. The van der Waals surface area contributed by atoms with Gasteiger partial charge in [-0.3, -0.25) is 0 Å². The maximum Gasteiger partial charge on any atom is 0.0104 e. The molecule has 15 heavy (non-hydrogen) atoms. The topological polar surface area (TPSA) is 15.3 Å². The highest BCUT2D eigenvalue weighted by Crippen LogP contribution is 2.08. The van der Waals surface area contributed by atoms with Crippen LogP contribution in [0.15, 0.2) is 0 Å². The van der Waals surface area contributed by atoms with E-state index < -0.39 is 0 Å². The van der Waals surface area contributed by atoms with Crippen molar-refractivity contribution in [3.05, 3.63) is 0 Å². The summed E-state index contributed by atoms with van der Waals surface area (Å²) in [6, 6.07) is 0. The van der Waals surface area contributed by atoms with Crippen LogP contribution in [0, 0.1) is 11.8 Å². The summed E-state index contributed by atoms with van der Waals surface area (Å²) in [6.45, 7) is 13.8. The largest absolute Gasteiger partial charge is 0.315 e. The maximum atomic E-state index is 3.48. The van der Waals surface area contributed by atoms with E-state index >= 15 is 0 Å². The Balaban J connectivity index is 3.43. The quantitative estimate of drug-likeness (QED) is 0.594. The average molecular weight is 214 g/mol. The Morgan fingerprint density at radius 1 is 1.13 bits per heavy atom. The van der Waals surface area contributed by atoms with Gasteiger partial charge in [0.15, 0.2) is 0 Å². The average Bonchev–Trinajstić information content (AvgIpc) is 2.20. The van der Waals surface area contributed by atoms with Crippen molar-refractivity contribution in [1.82, 2.24) is 10.2 Å². The molecule has 1 N–H and O–H groups in total. The summed E-state index contributed by atoms with van der Waals surface area (Å²) in [4.78, 5) is 2.45. The number of rotatable bonds is 9. The van der Waals surface area contributed by atoms with Gasteiger partial charge in [0.25, 0.3) is 0 Å². The van der Waals surface area contributed by atoms with Crippen LogP contribution in [0.4, 0.5) is 0 Å². The van der Waals surface area contributed by atoms with Crippen molar-refractivity contribution >= 4 is 0 Å². The molecule has 0 aliphatic carbocycles. The van der Waals surface area contributed by atoms with Crippen LogP contribution in [0.5, 0.6) is 0 Å². The summed E-state index contributed by atoms with van der Waals surface area (Å²) in [5.41, 5.74) is 0. The predicted molar refractivity (Wildman–Crippen MR) is 69.3 cm³/mol. The van der Waals surface area contributed by atoms with E-state index in [1.807, 2.05) is 0 Å². The summed E-state index contributed by atoms with van der Waals surface area (Å²) in [7, 11) is 2.23. The lowest BCUT2D eigenvalue weighted by Gasteiger charge is -2.22. The first-order valence-corrected chi connectivity index (χ1v) is 6.49. The Kier molecular flexibility index (Phi) is 9.12. The van der Waals surface area contributed by atoms with Gasteiger partial charge in [-0.2, -0.15) is 0 Å². The van der Waals surface area contributed by atoms with Crippen LogP contribution in [0.3, 0.4) is 0 Å². The van der Waals surface area contributed by atoms with E-state index in [-0.39, 0.29) is 0 Å². The molecule has 0 fully saturated rings. The Hall–Kier alpha value is -0.0800. The van der Waals surface area contributed by atoms with Crippen LogP contribution in [0.2, 0.25) is 0 Å². The predicted octanol–water partition coefficient (Wildman–Crippen LogP) is 2.60. The monoisotopic (exact) mass is 214 g/mol. The third kappa shape index (κ3) is 8.88. The second kappa shape index (κ2) is 9.17. The maximum absolute atomic E-state index is 3.48. The molecule has 92 valence electrons. The second-order valence-corrected chi connectivity index (χ2v) is 5.04. The molecule has 2 nitrogen and oxygen atoms in total. The highest BCUT2D eigenvalue weighted by atomic mass is 15.1. The van der Waals surface area contributed by atoms with Gasteiger partial charge in [-0.05, 0) is 25.4 Å². The minimum atomic E-state index is 0.759. The Morgan fingerprint density at radius 3 is 2.20 bits per heavy atom. The first-order chi connectivity index (χ1) is 7.10. The molecule has 0 radical (unpaired) electrons. The normalized spacial score (nSPS) is 12.0. The van der Waals surface area contributed by atoms with E-state index in [9.17, 15) is 0 Å². The molecule has 0 spiro atoms. The van der Waals surface area contributed by atoms with Crippen molar-refractivity contribution in [2.24, 2.45) is 11.8 Å². The lowest BCUT2D eigenvalue weighted by Crippen LogP contribution is -2.33. The fourth-order valence-electron chi connectivity index (χ4n) is 1.74. The molecular weight excluding hydrogens is 184 g/mol. The number of hydrogen-bond donors (Lipinski definition) is 1. The molecule has 0 heterocycles. The summed E-state index contributed by atoms with van der Waals surface area (Å²) in [5, 5.41) is 3.48. The van der Waals surface area contributed by atoms with Gasteiger partial charge < -0.3 is 10.2 Å². The molecule has 0 saturated carbocycles. The van der Waals surface area contributed by atoms with E-state index in [0.29, 0.717) is 0 Å². The molecule has 0 aromatic rings. The van der Waals surface area contributed by atoms with Gasteiger partial charge in [-0.1, -0.05) is 40.5 Å². The van der Waals surface area contributed by atoms with E-state index in [1.54, 1.807) is 0 Å². The Bertz CT molecular complexity index is 130. The van der Waals surface area contributed by atoms with Gasteiger partial charge in [0.1, 0.15) is 0 Å². The molecule has 0 aliphatic heterocycles. The van der Waals surface area contributed by atoms with Crippen molar-refractivity contribution in [3.8, 4) is 0 Å². The minimum absolute atomic E-state index is 0.759. The first kappa shape index (κ1) is 14.9. The van der Waals surface area contributed by atoms with Crippen molar-refractivity contribution in [1.29, 1.82) is 0 Å². The van der Waals surface area contributed by atoms with Crippen molar-refractivity contribution in [2.75, 3.05) is 33.2 Å². The molecule has 0 saturated heterocycles. The van der Waals surface area contributed by atoms with Gasteiger partial charge in [0, 0.05) is 19.6 Å². The highest BCUT2D eigenvalue weighted by molar-refractivity contribution is 4.62. The fraction of sp³-hybridized carbons (Fsp3) is 1.00. The van der Waals surface area contributed by atoms with Gasteiger partial charge >= 0.3 is 0 Å². The number of nitrogens with zero attached hydrogens (tertiary/aromatic N) is 1. The van der Waals surface area contributed by atoms with Crippen molar-refractivity contribution in [3.63, 3.8) is 0 Å². The van der Waals surface area contributed by atoms with Crippen LogP contribution in [0.1, 0.15) is 40.5 Å². The molecule has 0 aromatic heterocycles. The number of hydrogen-bond acceptors (Lipinski definition) is 2. The van der Waals surface area contributed by atoms with Crippen LogP contribution in [0.25, 0.3) is 0 Å². The van der Waals surface area contributed by atoms with Crippen LogP contribution >= 0.6 is 0 Å². The standard InChI is InChI=1S/C13H30N2/c1-6-13(7-2)11-15(5)9-8-14-10-12(3)4/h12-14H,6-11H2,1-5H3. The van der Waals surface area contributed by atoms with Crippen LogP contribution in [-0.2, 0) is 0 Å². The smallest absolute Gasteiger partial charge is 0.0104 e. The molecule has 0 rings (SSSR count). The van der Waals surface area contributed by atoms with Crippen LogP contribution in [-0.4, -0.2) is 38.1 Å². The van der Waals surface area contributed by atoms with Crippen molar-refractivity contribution in [2.45, 2.75) is 40.5 Å². The van der Waals surface area contributed by atoms with Gasteiger partial charge in [0.2, 0.25) is 0 Å². The number of likely N-dealkylation sites (N-methyl/N-ethyl adjacent to an activating group) is 1. The van der Waals surface area contributed by atoms with E-state index in [0.717, 1.165) is 24.9 Å². The van der Waals surface area contributed by atoms with E-state index in [4.69, 9.17) is 0 Å². The Labute approximate surface area is 96.4 Å². The number of nitrogens with one attached hydrogen (secondary N) is 1. The molecule has 0 unspecified atom stereocenters.